The van der Waals surface area contributed by atoms with E-state index in [9.17, 15) is 9.59 Å². The summed E-state index contributed by atoms with van der Waals surface area (Å²) in [5.74, 6) is 0.843. The quantitative estimate of drug-likeness (QED) is 0.384. The van der Waals surface area contributed by atoms with Crippen LogP contribution in [0.3, 0.4) is 0 Å². The van der Waals surface area contributed by atoms with Crippen LogP contribution in [0.2, 0.25) is 0 Å². The molecule has 28 heavy (non-hydrogen) atoms. The van der Waals surface area contributed by atoms with Crippen molar-refractivity contribution in [2.24, 2.45) is 0 Å². The minimum atomic E-state index is -0.284. The van der Waals surface area contributed by atoms with Crippen LogP contribution in [0.15, 0.2) is 39.5 Å². The molecular weight excluding hydrogens is 356 g/mol. The smallest absolute Gasteiger partial charge is 0.339 e. The van der Waals surface area contributed by atoms with Gasteiger partial charge in [-0.05, 0) is 49.4 Å². The molecule has 0 N–H and O–H groups in total. The van der Waals surface area contributed by atoms with E-state index in [4.69, 9.17) is 13.9 Å². The highest BCUT2D eigenvalue weighted by Gasteiger charge is 2.35. The number of carbonyl (C=O) groups excluding carboxylic acids is 1. The van der Waals surface area contributed by atoms with Crippen LogP contribution in [0.4, 0.5) is 0 Å². The van der Waals surface area contributed by atoms with Gasteiger partial charge in [-0.1, -0.05) is 18.2 Å². The van der Waals surface area contributed by atoms with Gasteiger partial charge in [0, 0.05) is 22.6 Å². The zero-order valence-electron chi connectivity index (χ0n) is 15.8. The Bertz CT molecular complexity index is 1190. The van der Waals surface area contributed by atoms with Crippen molar-refractivity contribution in [2.45, 2.75) is 38.5 Å². The predicted molar refractivity (Wildman–Crippen MR) is 104 cm³/mol. The second-order valence-corrected chi connectivity index (χ2v) is 7.48. The molecule has 0 amide bonds. The Balaban J connectivity index is 1.85. The molecule has 1 atom stereocenters. The van der Waals surface area contributed by atoms with Gasteiger partial charge in [-0.25, -0.2) is 4.79 Å². The van der Waals surface area contributed by atoms with Gasteiger partial charge in [0.05, 0.1) is 18.9 Å². The maximum absolute atomic E-state index is 12.6. The molecule has 2 aliphatic rings. The molecule has 0 unspecified atom stereocenters. The summed E-state index contributed by atoms with van der Waals surface area (Å²) in [4.78, 5) is 24.9. The van der Waals surface area contributed by atoms with Crippen molar-refractivity contribution in [1.82, 2.24) is 0 Å². The number of carbonyl (C=O) groups is 1. The first kappa shape index (κ1) is 17.0. The van der Waals surface area contributed by atoms with Gasteiger partial charge < -0.3 is 13.9 Å². The Morgan fingerprint density at radius 3 is 2.71 bits per heavy atom. The number of hydrogen-bond acceptors (Lipinski definition) is 5. The van der Waals surface area contributed by atoms with Gasteiger partial charge in [-0.15, -0.1) is 0 Å². The van der Waals surface area contributed by atoms with Crippen molar-refractivity contribution in [3.05, 3.63) is 68.6 Å². The SMILES string of the molecule is COc1ccccc1[C@H]1CC(=O)Oc2c1c(C)cc1oc(=O)c3c(c21)CCC3. The van der Waals surface area contributed by atoms with Crippen molar-refractivity contribution in [1.29, 1.82) is 0 Å². The number of hydrogen-bond donors (Lipinski definition) is 0. The van der Waals surface area contributed by atoms with Gasteiger partial charge in [-0.2, -0.15) is 0 Å². The summed E-state index contributed by atoms with van der Waals surface area (Å²) in [7, 11) is 1.63. The maximum Gasteiger partial charge on any atom is 0.339 e. The van der Waals surface area contributed by atoms with E-state index >= 15 is 0 Å². The monoisotopic (exact) mass is 376 g/mol. The van der Waals surface area contributed by atoms with Gasteiger partial charge in [0.1, 0.15) is 17.1 Å². The van der Waals surface area contributed by atoms with Crippen LogP contribution in [0, 0.1) is 6.92 Å². The average molecular weight is 376 g/mol. The van der Waals surface area contributed by atoms with Crippen LogP contribution < -0.4 is 15.1 Å². The molecule has 5 heteroatoms. The van der Waals surface area contributed by atoms with Crippen LogP contribution in [-0.4, -0.2) is 13.1 Å². The molecule has 0 fully saturated rings. The molecule has 0 bridgehead atoms. The lowest BCUT2D eigenvalue weighted by atomic mass is 9.82. The maximum atomic E-state index is 12.6. The van der Waals surface area contributed by atoms with Crippen LogP contribution in [0.1, 0.15) is 46.6 Å². The summed E-state index contributed by atoms with van der Waals surface area (Å²) in [5, 5.41) is 0.778. The fraction of sp³-hybridized carbons (Fsp3) is 0.304. The zero-order valence-corrected chi connectivity index (χ0v) is 15.8. The third-order valence-electron chi connectivity index (χ3n) is 5.91. The van der Waals surface area contributed by atoms with Gasteiger partial charge in [0.2, 0.25) is 0 Å². The number of rotatable bonds is 2. The van der Waals surface area contributed by atoms with Gasteiger partial charge in [0.15, 0.2) is 0 Å². The normalized spacial score (nSPS) is 17.9. The predicted octanol–water partition coefficient (Wildman–Crippen LogP) is 4.04. The van der Waals surface area contributed by atoms with E-state index in [0.717, 1.165) is 46.2 Å². The summed E-state index contributed by atoms with van der Waals surface area (Å²) in [6, 6.07) is 9.66. The fourth-order valence-corrected chi connectivity index (χ4v) is 4.73. The first-order chi connectivity index (χ1) is 13.6. The molecule has 0 saturated carbocycles. The van der Waals surface area contributed by atoms with Gasteiger partial charge in [0.25, 0.3) is 0 Å². The Kier molecular flexibility index (Phi) is 3.79. The summed E-state index contributed by atoms with van der Waals surface area (Å²) in [6.45, 7) is 1.97. The zero-order chi connectivity index (χ0) is 19.4. The molecule has 5 nitrogen and oxygen atoms in total. The second-order valence-electron chi connectivity index (χ2n) is 7.48. The number of benzene rings is 2. The molecule has 1 aromatic heterocycles. The molecule has 142 valence electrons. The van der Waals surface area contributed by atoms with Crippen molar-refractivity contribution >= 4 is 16.9 Å². The van der Waals surface area contributed by atoms with Crippen LogP contribution in [0.5, 0.6) is 11.5 Å². The van der Waals surface area contributed by atoms with E-state index in [0.29, 0.717) is 23.3 Å². The Labute approximate surface area is 161 Å². The molecule has 1 aliphatic carbocycles. The number of para-hydroxylation sites is 1. The number of esters is 1. The molecular formula is C23H20O5. The van der Waals surface area contributed by atoms with E-state index in [1.165, 1.54) is 0 Å². The average Bonchev–Trinajstić information content (AvgIpc) is 3.17. The van der Waals surface area contributed by atoms with Crippen molar-refractivity contribution in [2.75, 3.05) is 7.11 Å². The Morgan fingerprint density at radius 2 is 1.89 bits per heavy atom. The van der Waals surface area contributed by atoms with Crippen LogP contribution >= 0.6 is 0 Å². The molecule has 0 spiro atoms. The topological polar surface area (TPSA) is 65.7 Å². The lowest BCUT2D eigenvalue weighted by Crippen LogP contribution is -2.23. The van der Waals surface area contributed by atoms with Gasteiger partial charge in [-0.3, -0.25) is 4.79 Å². The summed E-state index contributed by atoms with van der Waals surface area (Å²) >= 11 is 0. The number of aryl methyl sites for hydroxylation is 2. The lowest BCUT2D eigenvalue weighted by molar-refractivity contribution is -0.135. The largest absolute Gasteiger partial charge is 0.496 e. The number of ether oxygens (including phenoxy) is 2. The first-order valence-corrected chi connectivity index (χ1v) is 9.54. The Morgan fingerprint density at radius 1 is 1.11 bits per heavy atom. The third-order valence-corrected chi connectivity index (χ3v) is 5.91. The van der Waals surface area contributed by atoms with Crippen LogP contribution in [-0.2, 0) is 17.6 Å². The molecule has 2 aromatic carbocycles. The van der Waals surface area contributed by atoms with Crippen molar-refractivity contribution in [3.63, 3.8) is 0 Å². The number of fused-ring (bicyclic) bond motifs is 5. The minimum absolute atomic E-state index is 0.166. The molecule has 0 radical (unpaired) electrons. The van der Waals surface area contributed by atoms with Gasteiger partial charge >= 0.3 is 11.6 Å². The highest BCUT2D eigenvalue weighted by atomic mass is 16.5. The standard InChI is InChI=1S/C23H20O5/c1-12-10-18-21(14-7-5-8-15(14)23(25)27-18)22-20(12)16(11-19(24)28-22)13-6-3-4-9-17(13)26-2/h3-4,6,9-10,16H,5,7-8,11H2,1-2H3/t16-/m1/s1. The number of methoxy groups -OCH3 is 1. The highest BCUT2D eigenvalue weighted by Crippen LogP contribution is 2.48. The van der Waals surface area contributed by atoms with Crippen molar-refractivity contribution < 1.29 is 18.7 Å². The van der Waals surface area contributed by atoms with E-state index in [-0.39, 0.29) is 23.9 Å². The minimum Gasteiger partial charge on any atom is -0.496 e. The molecule has 2 heterocycles. The fourth-order valence-electron chi connectivity index (χ4n) is 4.73. The van der Waals surface area contributed by atoms with Crippen molar-refractivity contribution in [3.8, 4) is 11.5 Å². The highest BCUT2D eigenvalue weighted by molar-refractivity contribution is 5.95. The van der Waals surface area contributed by atoms with E-state index < -0.39 is 0 Å². The summed E-state index contributed by atoms with van der Waals surface area (Å²) < 4.78 is 16.9. The lowest BCUT2D eigenvalue weighted by Gasteiger charge is -2.29. The molecule has 3 aromatic rings. The van der Waals surface area contributed by atoms with E-state index in [1.807, 2.05) is 37.3 Å². The Hall–Kier alpha value is -3.08. The third kappa shape index (κ3) is 2.39. The molecule has 1 aliphatic heterocycles. The summed E-state index contributed by atoms with van der Waals surface area (Å²) in [5.41, 5.74) is 4.77. The first-order valence-electron chi connectivity index (χ1n) is 9.54. The molecule has 5 rings (SSSR count). The second kappa shape index (κ2) is 6.23. The molecule has 0 saturated heterocycles. The van der Waals surface area contributed by atoms with Crippen LogP contribution in [0.25, 0.3) is 11.0 Å². The summed E-state index contributed by atoms with van der Waals surface area (Å²) in [6.07, 6.45) is 2.66. The van der Waals surface area contributed by atoms with E-state index in [2.05, 4.69) is 0 Å². The van der Waals surface area contributed by atoms with E-state index in [1.54, 1.807) is 7.11 Å².